The Hall–Kier alpha value is -2.57. The number of nitriles is 1. The summed E-state index contributed by atoms with van der Waals surface area (Å²) in [7, 11) is 0. The third-order valence-corrected chi connectivity index (χ3v) is 3.97. The van der Waals surface area contributed by atoms with E-state index in [0.29, 0.717) is 22.9 Å². The van der Waals surface area contributed by atoms with Crippen LogP contribution >= 0.6 is 11.6 Å². The van der Waals surface area contributed by atoms with Crippen molar-refractivity contribution in [3.63, 3.8) is 0 Å². The van der Waals surface area contributed by atoms with Gasteiger partial charge in [-0.15, -0.1) is 0 Å². The second-order valence-corrected chi connectivity index (χ2v) is 7.07. The molecular weight excluding hydrogens is 334 g/mol. The van der Waals surface area contributed by atoms with E-state index in [-0.39, 0.29) is 11.4 Å². The first-order chi connectivity index (χ1) is 11.8. The summed E-state index contributed by atoms with van der Waals surface area (Å²) in [4.78, 5) is 12.4. The zero-order valence-electron chi connectivity index (χ0n) is 14.5. The maximum atomic E-state index is 12.4. The number of carbonyl (C=O) groups excluding carboxylic acids is 1. The van der Waals surface area contributed by atoms with Crippen molar-refractivity contribution in [1.29, 1.82) is 5.26 Å². The fraction of sp³-hybridized carbons (Fsp3) is 0.238. The van der Waals surface area contributed by atoms with Gasteiger partial charge in [0, 0.05) is 21.6 Å². The number of Topliss-reactive ketones (excluding diaryl/α,β-unsaturated/α-hetero) is 1. The van der Waals surface area contributed by atoms with Crippen LogP contribution in [-0.2, 0) is 11.4 Å². The quantitative estimate of drug-likeness (QED) is 0.531. The summed E-state index contributed by atoms with van der Waals surface area (Å²) >= 11 is 6.15. The molecule has 0 aliphatic heterocycles. The third-order valence-electron chi connectivity index (χ3n) is 3.61. The van der Waals surface area contributed by atoms with Gasteiger partial charge in [-0.2, -0.15) is 5.26 Å². The summed E-state index contributed by atoms with van der Waals surface area (Å²) < 4.78 is 5.87. The molecule has 25 heavy (non-hydrogen) atoms. The molecule has 0 aliphatic carbocycles. The number of nitrogens with zero attached hydrogens (tertiary/aromatic N) is 1. The molecule has 4 heteroatoms. The highest BCUT2D eigenvalue weighted by Crippen LogP contribution is 2.26. The van der Waals surface area contributed by atoms with Crippen LogP contribution in [0.4, 0.5) is 0 Å². The van der Waals surface area contributed by atoms with Gasteiger partial charge in [0.2, 0.25) is 0 Å². The molecule has 0 fully saturated rings. The van der Waals surface area contributed by atoms with Crippen LogP contribution in [0.5, 0.6) is 5.75 Å². The van der Waals surface area contributed by atoms with Gasteiger partial charge in [-0.3, -0.25) is 4.79 Å². The molecule has 0 N–H and O–H groups in total. The summed E-state index contributed by atoms with van der Waals surface area (Å²) in [5.41, 5.74) is 1.05. The van der Waals surface area contributed by atoms with Crippen LogP contribution in [0.1, 0.15) is 31.9 Å². The monoisotopic (exact) mass is 353 g/mol. The molecule has 0 bridgehead atoms. The van der Waals surface area contributed by atoms with Crippen molar-refractivity contribution in [1.82, 2.24) is 0 Å². The Labute approximate surface area is 153 Å². The summed E-state index contributed by atoms with van der Waals surface area (Å²) in [5, 5.41) is 9.99. The molecule has 0 aliphatic rings. The maximum Gasteiger partial charge on any atom is 0.178 e. The lowest BCUT2D eigenvalue weighted by Crippen LogP contribution is -2.21. The van der Waals surface area contributed by atoms with Crippen LogP contribution in [0.15, 0.2) is 54.1 Å². The Morgan fingerprint density at radius 3 is 2.44 bits per heavy atom. The molecule has 0 saturated carbocycles. The van der Waals surface area contributed by atoms with Crippen LogP contribution in [0.25, 0.3) is 6.08 Å². The van der Waals surface area contributed by atoms with E-state index in [9.17, 15) is 10.1 Å². The van der Waals surface area contributed by atoms with Crippen LogP contribution in [0.2, 0.25) is 5.02 Å². The van der Waals surface area contributed by atoms with Gasteiger partial charge in [0.1, 0.15) is 18.4 Å². The number of ether oxygens (including phenoxy) is 1. The lowest BCUT2D eigenvalue weighted by Gasteiger charge is -2.16. The molecule has 0 atom stereocenters. The predicted molar refractivity (Wildman–Crippen MR) is 100 cm³/mol. The van der Waals surface area contributed by atoms with Gasteiger partial charge in [-0.05, 0) is 18.2 Å². The van der Waals surface area contributed by atoms with Crippen molar-refractivity contribution < 1.29 is 9.53 Å². The first-order valence-corrected chi connectivity index (χ1v) is 8.32. The molecule has 3 nitrogen and oxygen atoms in total. The van der Waals surface area contributed by atoms with Gasteiger partial charge in [0.05, 0.1) is 5.57 Å². The van der Waals surface area contributed by atoms with Crippen LogP contribution in [0, 0.1) is 16.7 Å². The number of hydrogen-bond acceptors (Lipinski definition) is 3. The first kappa shape index (κ1) is 18.8. The van der Waals surface area contributed by atoms with Gasteiger partial charge in [0.25, 0.3) is 0 Å². The Morgan fingerprint density at radius 1 is 1.16 bits per heavy atom. The topological polar surface area (TPSA) is 50.1 Å². The van der Waals surface area contributed by atoms with E-state index in [4.69, 9.17) is 16.3 Å². The van der Waals surface area contributed by atoms with E-state index in [1.165, 1.54) is 0 Å². The van der Waals surface area contributed by atoms with Gasteiger partial charge in [-0.1, -0.05) is 68.8 Å². The van der Waals surface area contributed by atoms with E-state index >= 15 is 0 Å². The molecule has 2 rings (SSSR count). The Kier molecular flexibility index (Phi) is 6.01. The minimum absolute atomic E-state index is 0.112. The summed E-state index contributed by atoms with van der Waals surface area (Å²) in [6.07, 6.45) is 1.58. The highest BCUT2D eigenvalue weighted by Gasteiger charge is 2.25. The highest BCUT2D eigenvalue weighted by molar-refractivity contribution is 6.31. The predicted octanol–water partition coefficient (Wildman–Crippen LogP) is 5.44. The second kappa shape index (κ2) is 8.00. The number of rotatable bonds is 5. The van der Waals surface area contributed by atoms with Crippen molar-refractivity contribution in [2.24, 2.45) is 5.41 Å². The molecule has 0 aromatic heterocycles. The molecule has 0 radical (unpaired) electrons. The summed E-state index contributed by atoms with van der Waals surface area (Å²) in [6.45, 7) is 5.68. The van der Waals surface area contributed by atoms with Crippen LogP contribution in [-0.4, -0.2) is 5.78 Å². The Morgan fingerprint density at radius 2 is 1.80 bits per heavy atom. The second-order valence-electron chi connectivity index (χ2n) is 6.67. The first-order valence-electron chi connectivity index (χ1n) is 7.95. The van der Waals surface area contributed by atoms with Crippen molar-refractivity contribution in [3.05, 3.63) is 70.3 Å². The van der Waals surface area contributed by atoms with Crippen LogP contribution in [0.3, 0.4) is 0 Å². The molecule has 2 aromatic rings. The summed E-state index contributed by atoms with van der Waals surface area (Å²) in [6, 6.07) is 16.8. The Balaban J connectivity index is 2.29. The molecule has 2 aromatic carbocycles. The van der Waals surface area contributed by atoms with Gasteiger partial charge in [-0.25, -0.2) is 0 Å². The van der Waals surface area contributed by atoms with Gasteiger partial charge in [0.15, 0.2) is 5.78 Å². The molecule has 0 saturated heterocycles. The zero-order chi connectivity index (χ0) is 18.4. The lowest BCUT2D eigenvalue weighted by atomic mass is 9.86. The fourth-order valence-corrected chi connectivity index (χ4v) is 2.40. The number of hydrogen-bond donors (Lipinski definition) is 0. The smallest absolute Gasteiger partial charge is 0.178 e. The average molecular weight is 354 g/mol. The van der Waals surface area contributed by atoms with E-state index < -0.39 is 5.41 Å². The number of allylic oxidation sites excluding steroid dienone is 1. The SMILES string of the molecule is CC(C)(C)C(=O)/C(C#N)=C/c1ccccc1OCc1ccccc1Cl. The number of benzene rings is 2. The number of halogens is 1. The van der Waals surface area contributed by atoms with Crippen molar-refractivity contribution in [2.75, 3.05) is 0 Å². The van der Waals surface area contributed by atoms with E-state index in [1.807, 2.05) is 48.5 Å². The lowest BCUT2D eigenvalue weighted by molar-refractivity contribution is -0.121. The fourth-order valence-electron chi connectivity index (χ4n) is 2.21. The normalized spacial score (nSPS) is 11.7. The van der Waals surface area contributed by atoms with E-state index in [2.05, 4.69) is 0 Å². The van der Waals surface area contributed by atoms with Gasteiger partial charge < -0.3 is 4.74 Å². The molecular formula is C21H20ClNO2. The maximum absolute atomic E-state index is 12.4. The van der Waals surface area contributed by atoms with Crippen molar-refractivity contribution in [2.45, 2.75) is 27.4 Å². The molecule has 0 unspecified atom stereocenters. The standard InChI is InChI=1S/C21H20ClNO2/c1-21(2,3)20(24)17(13-23)12-15-8-5-7-11-19(15)25-14-16-9-4-6-10-18(16)22/h4-12H,14H2,1-3H3/b17-12+. The number of para-hydroxylation sites is 1. The summed E-state index contributed by atoms with van der Waals surface area (Å²) in [5.74, 6) is 0.396. The average Bonchev–Trinajstić information content (AvgIpc) is 2.58. The number of ketones is 1. The van der Waals surface area contributed by atoms with Crippen molar-refractivity contribution in [3.8, 4) is 11.8 Å². The van der Waals surface area contributed by atoms with Crippen molar-refractivity contribution >= 4 is 23.5 Å². The third kappa shape index (κ3) is 4.95. The molecule has 128 valence electrons. The molecule has 0 heterocycles. The highest BCUT2D eigenvalue weighted by atomic mass is 35.5. The van der Waals surface area contributed by atoms with E-state index in [0.717, 1.165) is 5.56 Å². The zero-order valence-corrected chi connectivity index (χ0v) is 15.3. The minimum atomic E-state index is -0.616. The van der Waals surface area contributed by atoms with Gasteiger partial charge >= 0.3 is 0 Å². The number of carbonyl (C=O) groups is 1. The van der Waals surface area contributed by atoms with Crippen LogP contribution < -0.4 is 4.74 Å². The largest absolute Gasteiger partial charge is 0.488 e. The molecule has 0 spiro atoms. The minimum Gasteiger partial charge on any atom is -0.488 e. The Bertz CT molecular complexity index is 841. The molecule has 0 amide bonds. The van der Waals surface area contributed by atoms with E-state index in [1.54, 1.807) is 32.9 Å².